The Hall–Kier alpha value is -1.76. The van der Waals surface area contributed by atoms with E-state index in [1.165, 1.54) is 12.4 Å². The second-order valence-corrected chi connectivity index (χ2v) is 4.72. The number of nitrogens with one attached hydrogen (secondary N) is 1. The van der Waals surface area contributed by atoms with Crippen molar-refractivity contribution in [3.63, 3.8) is 0 Å². The minimum absolute atomic E-state index is 0.316. The lowest BCUT2D eigenvalue weighted by atomic mass is 10.2. The van der Waals surface area contributed by atoms with E-state index in [0.717, 1.165) is 9.15 Å². The average Bonchev–Trinajstić information content (AvgIpc) is 2.76. The fourth-order valence-electron chi connectivity index (χ4n) is 1.47. The van der Waals surface area contributed by atoms with Crippen LogP contribution in [-0.4, -0.2) is 22.1 Å². The van der Waals surface area contributed by atoms with E-state index in [9.17, 15) is 13.6 Å². The Bertz CT molecular complexity index is 569. The Labute approximate surface area is 116 Å². The summed E-state index contributed by atoms with van der Waals surface area (Å²) in [4.78, 5) is 11.8. The molecule has 1 N–H and O–H groups in total. The third-order valence-electron chi connectivity index (χ3n) is 2.32. The number of carbonyl (C=O) groups excluding carboxylic acids is 1. The number of halogens is 3. The largest absolute Gasteiger partial charge is 0.319 e. The molecule has 0 bridgehead atoms. The van der Waals surface area contributed by atoms with Gasteiger partial charge in [0.25, 0.3) is 12.3 Å². The number of hydrogen-bond acceptors (Lipinski definition) is 2. The zero-order chi connectivity index (χ0) is 13.8. The van der Waals surface area contributed by atoms with Crippen LogP contribution >= 0.6 is 15.9 Å². The summed E-state index contributed by atoms with van der Waals surface area (Å²) in [6.45, 7) is -0.492. The van der Waals surface area contributed by atoms with Crippen LogP contribution in [0.3, 0.4) is 0 Å². The SMILES string of the molecule is O=C(Nc1cnn(CC(F)F)c1)c1ccc(Br)cc1. The zero-order valence-electron chi connectivity index (χ0n) is 9.69. The summed E-state index contributed by atoms with van der Waals surface area (Å²) >= 11 is 3.27. The highest BCUT2D eigenvalue weighted by atomic mass is 79.9. The van der Waals surface area contributed by atoms with Crippen molar-refractivity contribution in [2.24, 2.45) is 0 Å². The highest BCUT2D eigenvalue weighted by Gasteiger charge is 2.09. The molecule has 2 aromatic rings. The molecule has 1 aromatic carbocycles. The van der Waals surface area contributed by atoms with E-state index >= 15 is 0 Å². The molecule has 0 aliphatic carbocycles. The van der Waals surface area contributed by atoms with Crippen molar-refractivity contribution >= 4 is 27.5 Å². The molecule has 7 heteroatoms. The summed E-state index contributed by atoms with van der Waals surface area (Å²) < 4.78 is 26.2. The van der Waals surface area contributed by atoms with Crippen LogP contribution in [0.25, 0.3) is 0 Å². The molecule has 0 radical (unpaired) electrons. The van der Waals surface area contributed by atoms with Crippen molar-refractivity contribution in [1.82, 2.24) is 9.78 Å². The molecule has 0 fully saturated rings. The number of anilines is 1. The number of carbonyl (C=O) groups is 1. The van der Waals surface area contributed by atoms with Gasteiger partial charge in [0.2, 0.25) is 0 Å². The van der Waals surface area contributed by atoms with Gasteiger partial charge in [0.05, 0.1) is 11.9 Å². The summed E-state index contributed by atoms with van der Waals surface area (Å²) in [5, 5.41) is 6.32. The van der Waals surface area contributed by atoms with Gasteiger partial charge in [0.15, 0.2) is 0 Å². The molecule has 0 aliphatic heterocycles. The summed E-state index contributed by atoms with van der Waals surface area (Å²) in [5.74, 6) is -0.316. The summed E-state index contributed by atoms with van der Waals surface area (Å²) in [6, 6.07) is 6.80. The van der Waals surface area contributed by atoms with Gasteiger partial charge in [0.1, 0.15) is 6.54 Å². The molecule has 2 rings (SSSR count). The monoisotopic (exact) mass is 329 g/mol. The van der Waals surface area contributed by atoms with Crippen molar-refractivity contribution in [2.45, 2.75) is 13.0 Å². The predicted molar refractivity (Wildman–Crippen MR) is 70.3 cm³/mol. The molecular weight excluding hydrogens is 320 g/mol. The van der Waals surface area contributed by atoms with Crippen molar-refractivity contribution in [2.75, 3.05) is 5.32 Å². The topological polar surface area (TPSA) is 46.9 Å². The van der Waals surface area contributed by atoms with E-state index in [2.05, 4.69) is 26.3 Å². The summed E-state index contributed by atoms with van der Waals surface area (Å²) in [5.41, 5.74) is 0.860. The van der Waals surface area contributed by atoms with E-state index in [0.29, 0.717) is 11.3 Å². The quantitative estimate of drug-likeness (QED) is 0.936. The van der Waals surface area contributed by atoms with Gasteiger partial charge in [-0.25, -0.2) is 8.78 Å². The molecule has 0 aliphatic rings. The predicted octanol–water partition coefficient (Wildman–Crippen LogP) is 3.16. The lowest BCUT2D eigenvalue weighted by Crippen LogP contribution is -2.11. The van der Waals surface area contributed by atoms with Crippen LogP contribution < -0.4 is 5.32 Å². The van der Waals surface area contributed by atoms with Crippen LogP contribution in [0, 0.1) is 0 Å². The number of amides is 1. The van der Waals surface area contributed by atoms with Crippen molar-refractivity contribution in [3.8, 4) is 0 Å². The first-order chi connectivity index (χ1) is 9.04. The molecule has 0 saturated heterocycles. The lowest BCUT2D eigenvalue weighted by Gasteiger charge is -2.02. The van der Waals surface area contributed by atoms with E-state index < -0.39 is 13.0 Å². The van der Waals surface area contributed by atoms with Gasteiger partial charge in [-0.05, 0) is 24.3 Å². The number of rotatable bonds is 4. The smallest absolute Gasteiger partial charge is 0.257 e. The Balaban J connectivity index is 2.02. The van der Waals surface area contributed by atoms with E-state index in [-0.39, 0.29) is 5.91 Å². The van der Waals surface area contributed by atoms with E-state index in [4.69, 9.17) is 0 Å². The molecule has 100 valence electrons. The van der Waals surface area contributed by atoms with Crippen LogP contribution in [0.1, 0.15) is 10.4 Å². The molecule has 1 amide bonds. The lowest BCUT2D eigenvalue weighted by molar-refractivity contribution is 0.102. The number of benzene rings is 1. The number of hydrogen-bond donors (Lipinski definition) is 1. The van der Waals surface area contributed by atoms with Gasteiger partial charge < -0.3 is 5.32 Å². The maximum absolute atomic E-state index is 12.1. The second-order valence-electron chi connectivity index (χ2n) is 3.80. The molecule has 19 heavy (non-hydrogen) atoms. The maximum Gasteiger partial charge on any atom is 0.257 e. The van der Waals surface area contributed by atoms with E-state index in [1.807, 2.05) is 0 Å². The Morgan fingerprint density at radius 3 is 2.68 bits per heavy atom. The highest BCUT2D eigenvalue weighted by molar-refractivity contribution is 9.10. The molecule has 4 nitrogen and oxygen atoms in total. The fourth-order valence-corrected chi connectivity index (χ4v) is 1.74. The van der Waals surface area contributed by atoms with Crippen molar-refractivity contribution in [1.29, 1.82) is 0 Å². The molecule has 0 unspecified atom stereocenters. The van der Waals surface area contributed by atoms with Gasteiger partial charge in [-0.1, -0.05) is 15.9 Å². The average molecular weight is 330 g/mol. The molecule has 0 spiro atoms. The Morgan fingerprint density at radius 2 is 2.05 bits per heavy atom. The minimum Gasteiger partial charge on any atom is -0.319 e. The zero-order valence-corrected chi connectivity index (χ0v) is 11.3. The molecular formula is C12H10BrF2N3O. The third-order valence-corrected chi connectivity index (χ3v) is 2.85. The van der Waals surface area contributed by atoms with Crippen molar-refractivity contribution < 1.29 is 13.6 Å². The Morgan fingerprint density at radius 1 is 1.37 bits per heavy atom. The molecule has 0 atom stereocenters. The van der Waals surface area contributed by atoms with Crippen LogP contribution in [0.5, 0.6) is 0 Å². The molecule has 1 aromatic heterocycles. The number of alkyl halides is 2. The first-order valence-corrected chi connectivity index (χ1v) is 6.21. The Kier molecular flexibility index (Phi) is 4.26. The highest BCUT2D eigenvalue weighted by Crippen LogP contribution is 2.13. The van der Waals surface area contributed by atoms with Gasteiger partial charge in [-0.3, -0.25) is 9.48 Å². The summed E-state index contributed by atoms with van der Waals surface area (Å²) in [7, 11) is 0. The molecule has 0 saturated carbocycles. The van der Waals surface area contributed by atoms with Crippen molar-refractivity contribution in [3.05, 3.63) is 46.7 Å². The number of aromatic nitrogens is 2. The standard InChI is InChI=1S/C12H10BrF2N3O/c13-9-3-1-8(2-4-9)12(19)17-10-5-16-18(6-10)7-11(14)15/h1-6,11H,7H2,(H,17,19). The fraction of sp³-hybridized carbons (Fsp3) is 0.167. The van der Waals surface area contributed by atoms with E-state index in [1.54, 1.807) is 24.3 Å². The first-order valence-electron chi connectivity index (χ1n) is 5.42. The van der Waals surface area contributed by atoms with Gasteiger partial charge in [-0.15, -0.1) is 0 Å². The van der Waals surface area contributed by atoms with Crippen LogP contribution in [0.4, 0.5) is 14.5 Å². The van der Waals surface area contributed by atoms with Gasteiger partial charge in [0, 0.05) is 16.2 Å². The van der Waals surface area contributed by atoms with Gasteiger partial charge in [-0.2, -0.15) is 5.10 Å². The molecule has 1 heterocycles. The maximum atomic E-state index is 12.1. The van der Waals surface area contributed by atoms with Crippen LogP contribution in [0.15, 0.2) is 41.1 Å². The number of nitrogens with zero attached hydrogens (tertiary/aromatic N) is 2. The second kappa shape index (κ2) is 5.92. The van der Waals surface area contributed by atoms with Gasteiger partial charge >= 0.3 is 0 Å². The normalized spacial score (nSPS) is 10.7. The van der Waals surface area contributed by atoms with Crippen LogP contribution in [-0.2, 0) is 6.54 Å². The first kappa shape index (κ1) is 13.7. The minimum atomic E-state index is -2.48. The third kappa shape index (κ3) is 3.85. The summed E-state index contributed by atoms with van der Waals surface area (Å²) in [6.07, 6.45) is 0.220. The van der Waals surface area contributed by atoms with Crippen LogP contribution in [0.2, 0.25) is 0 Å².